The first-order chi connectivity index (χ1) is 19.4. The monoisotopic (exact) mass is 562 g/mol. The molecular formula is C29H35ClN8O2. The van der Waals surface area contributed by atoms with Crippen molar-refractivity contribution in [1.29, 1.82) is 0 Å². The van der Waals surface area contributed by atoms with Crippen LogP contribution < -0.4 is 16.0 Å². The number of imide groups is 1. The van der Waals surface area contributed by atoms with E-state index in [2.05, 4.69) is 37.0 Å². The number of rotatable bonds is 9. The van der Waals surface area contributed by atoms with Gasteiger partial charge in [-0.3, -0.25) is 24.5 Å². The van der Waals surface area contributed by atoms with Gasteiger partial charge in [0, 0.05) is 56.1 Å². The maximum Gasteiger partial charge on any atom is 0.249 e. The molecule has 0 spiro atoms. The summed E-state index contributed by atoms with van der Waals surface area (Å²) in [5.74, 6) is 0.868. The van der Waals surface area contributed by atoms with Crippen LogP contribution in [0.15, 0.2) is 36.7 Å². The van der Waals surface area contributed by atoms with Crippen LogP contribution in [0.3, 0.4) is 0 Å². The number of para-hydroxylation sites is 1. The smallest absolute Gasteiger partial charge is 0.249 e. The third-order valence-electron chi connectivity index (χ3n) is 8.14. The average molecular weight is 563 g/mol. The van der Waals surface area contributed by atoms with Gasteiger partial charge in [0.1, 0.15) is 6.04 Å². The molecule has 40 heavy (non-hydrogen) atoms. The largest absolute Gasteiger partial charge is 0.373 e. The Hall–Kier alpha value is -3.50. The Bertz CT molecular complexity index is 1400. The number of amides is 2. The molecule has 3 N–H and O–H groups in total. The highest BCUT2D eigenvalue weighted by molar-refractivity contribution is 6.33. The molecule has 2 aromatic heterocycles. The van der Waals surface area contributed by atoms with E-state index in [0.29, 0.717) is 23.8 Å². The van der Waals surface area contributed by atoms with Crippen LogP contribution in [0.25, 0.3) is 11.3 Å². The quantitative estimate of drug-likeness (QED) is 0.337. The molecule has 0 bridgehead atoms. The average Bonchev–Trinajstić information content (AvgIpc) is 3.70. The molecule has 1 aromatic carbocycles. The van der Waals surface area contributed by atoms with Crippen LogP contribution in [0, 0.1) is 5.92 Å². The van der Waals surface area contributed by atoms with E-state index < -0.39 is 6.04 Å². The summed E-state index contributed by atoms with van der Waals surface area (Å²) in [5.41, 5.74) is 4.98. The number of aryl methyl sites for hydroxylation is 1. The number of hydrogen-bond acceptors (Lipinski definition) is 8. The van der Waals surface area contributed by atoms with Crippen molar-refractivity contribution < 1.29 is 9.59 Å². The third kappa shape index (κ3) is 6.13. The van der Waals surface area contributed by atoms with Gasteiger partial charge in [-0.25, -0.2) is 9.97 Å². The maximum absolute atomic E-state index is 12.2. The van der Waals surface area contributed by atoms with Gasteiger partial charge in [-0.05, 0) is 56.1 Å². The number of halogens is 1. The lowest BCUT2D eigenvalue weighted by Crippen LogP contribution is -2.47. The lowest BCUT2D eigenvalue weighted by atomic mass is 10.0. The molecule has 11 heteroatoms. The molecule has 2 aliphatic heterocycles. The Morgan fingerprint density at radius 2 is 1.85 bits per heavy atom. The van der Waals surface area contributed by atoms with Crippen LogP contribution in [0.1, 0.15) is 49.8 Å². The van der Waals surface area contributed by atoms with Crippen molar-refractivity contribution in [2.45, 2.75) is 63.6 Å². The van der Waals surface area contributed by atoms with Crippen LogP contribution >= 0.6 is 11.6 Å². The number of nitrogens with one attached hydrogen (secondary N) is 3. The highest BCUT2D eigenvalue weighted by atomic mass is 35.5. The molecule has 10 nitrogen and oxygen atoms in total. The van der Waals surface area contributed by atoms with Crippen LogP contribution in [0.2, 0.25) is 5.02 Å². The van der Waals surface area contributed by atoms with Crippen molar-refractivity contribution in [3.63, 3.8) is 0 Å². The third-order valence-corrected chi connectivity index (χ3v) is 8.42. The zero-order valence-corrected chi connectivity index (χ0v) is 23.5. The summed E-state index contributed by atoms with van der Waals surface area (Å²) in [5, 5.41) is 14.3. The first-order valence-electron chi connectivity index (χ1n) is 14.1. The van der Waals surface area contributed by atoms with E-state index in [9.17, 15) is 9.59 Å². The van der Waals surface area contributed by atoms with Gasteiger partial charge in [-0.2, -0.15) is 5.10 Å². The maximum atomic E-state index is 12.2. The van der Waals surface area contributed by atoms with Crippen LogP contribution in [0.4, 0.5) is 11.6 Å². The number of aromatic nitrogens is 4. The molecule has 3 aromatic rings. The van der Waals surface area contributed by atoms with Gasteiger partial charge in [-0.15, -0.1) is 0 Å². The fourth-order valence-electron chi connectivity index (χ4n) is 5.60. The van der Waals surface area contributed by atoms with Crippen molar-refractivity contribution in [3.05, 3.63) is 52.9 Å². The van der Waals surface area contributed by atoms with Gasteiger partial charge < -0.3 is 10.6 Å². The molecule has 1 saturated carbocycles. The molecule has 3 fully saturated rings. The summed E-state index contributed by atoms with van der Waals surface area (Å²) in [4.78, 5) is 35.5. The van der Waals surface area contributed by atoms with E-state index in [1.165, 1.54) is 18.5 Å². The minimum atomic E-state index is -0.394. The van der Waals surface area contributed by atoms with Gasteiger partial charge in [0.2, 0.25) is 17.8 Å². The molecule has 6 rings (SSSR count). The summed E-state index contributed by atoms with van der Waals surface area (Å²) in [6.45, 7) is 2.65. The number of likely N-dealkylation sites (tertiary alicyclic amines) is 1. The van der Waals surface area contributed by atoms with E-state index >= 15 is 0 Å². The Kier molecular flexibility index (Phi) is 7.71. The molecular weight excluding hydrogens is 528 g/mol. The summed E-state index contributed by atoms with van der Waals surface area (Å²) in [6.07, 6.45) is 9.88. The Balaban J connectivity index is 1.06. The van der Waals surface area contributed by atoms with Crippen LogP contribution in [-0.2, 0) is 29.6 Å². The molecule has 2 amide bonds. The topological polar surface area (TPSA) is 117 Å². The second-order valence-corrected chi connectivity index (χ2v) is 11.6. The van der Waals surface area contributed by atoms with Crippen molar-refractivity contribution in [1.82, 2.24) is 30.0 Å². The molecule has 3 aliphatic rings. The van der Waals surface area contributed by atoms with Crippen LogP contribution in [-0.4, -0.2) is 61.6 Å². The van der Waals surface area contributed by atoms with Crippen LogP contribution in [0.5, 0.6) is 0 Å². The van der Waals surface area contributed by atoms with Crippen molar-refractivity contribution >= 4 is 35.1 Å². The number of nitrogens with zero attached hydrogens (tertiary/aromatic N) is 5. The first-order valence-corrected chi connectivity index (χ1v) is 14.5. The lowest BCUT2D eigenvalue weighted by molar-refractivity contribution is -0.133. The number of anilines is 2. The minimum absolute atomic E-state index is 0.205. The Morgan fingerprint density at radius 3 is 2.62 bits per heavy atom. The van der Waals surface area contributed by atoms with Gasteiger partial charge in [0.05, 0.1) is 23.1 Å². The van der Waals surface area contributed by atoms with Crippen molar-refractivity contribution in [2.24, 2.45) is 13.0 Å². The number of piperidine rings is 2. The zero-order valence-electron chi connectivity index (χ0n) is 22.7. The van der Waals surface area contributed by atoms with E-state index in [1.54, 1.807) is 6.20 Å². The summed E-state index contributed by atoms with van der Waals surface area (Å²) in [6, 6.07) is 7.96. The van der Waals surface area contributed by atoms with Gasteiger partial charge in [-0.1, -0.05) is 29.8 Å². The highest BCUT2D eigenvalue weighted by Gasteiger charge is 2.28. The lowest BCUT2D eigenvalue weighted by Gasteiger charge is -2.33. The molecule has 1 unspecified atom stereocenters. The summed E-state index contributed by atoms with van der Waals surface area (Å²) < 4.78 is 1.94. The normalized spacial score (nSPS) is 20.4. The minimum Gasteiger partial charge on any atom is -0.373 e. The Labute approximate surface area is 238 Å². The molecule has 4 heterocycles. The second kappa shape index (κ2) is 11.5. The van der Waals surface area contributed by atoms with Gasteiger partial charge >= 0.3 is 0 Å². The molecule has 210 valence electrons. The standard InChI is InChI=1S/C29H35ClN8O2/c1-37-25(14-18-6-7-18)21(15-32-37)27-22(30)16-31-29(36-27)33-20-10-12-38(13-11-20)17-19-4-2-3-5-23(19)34-24-8-9-26(39)35-28(24)40/h2-5,15-16,18,20,24,34H,6-14,17H2,1H3,(H,31,33,36)(H,35,39,40). The Morgan fingerprint density at radius 1 is 1.05 bits per heavy atom. The molecule has 2 saturated heterocycles. The van der Waals surface area contributed by atoms with Crippen molar-refractivity contribution in [2.75, 3.05) is 23.7 Å². The van der Waals surface area contributed by atoms with Crippen molar-refractivity contribution in [3.8, 4) is 11.3 Å². The second-order valence-electron chi connectivity index (χ2n) is 11.2. The fraction of sp³-hybridized carbons (Fsp3) is 0.483. The number of hydrogen-bond donors (Lipinski definition) is 3. The predicted molar refractivity (Wildman–Crippen MR) is 154 cm³/mol. The van der Waals surface area contributed by atoms with E-state index in [-0.39, 0.29) is 17.9 Å². The van der Waals surface area contributed by atoms with E-state index in [1.807, 2.05) is 36.1 Å². The molecule has 1 atom stereocenters. The highest BCUT2D eigenvalue weighted by Crippen LogP contribution is 2.37. The summed E-state index contributed by atoms with van der Waals surface area (Å²) in [7, 11) is 1.98. The van der Waals surface area contributed by atoms with E-state index in [0.717, 1.165) is 67.3 Å². The van der Waals surface area contributed by atoms with E-state index in [4.69, 9.17) is 16.6 Å². The fourth-order valence-corrected chi connectivity index (χ4v) is 5.79. The molecule has 0 radical (unpaired) electrons. The number of carbonyl (C=O) groups is 2. The van der Waals surface area contributed by atoms with Gasteiger partial charge in [0.25, 0.3) is 0 Å². The first kappa shape index (κ1) is 26.7. The molecule has 1 aliphatic carbocycles. The predicted octanol–water partition coefficient (Wildman–Crippen LogP) is 3.78. The number of carbonyl (C=O) groups excluding carboxylic acids is 2. The van der Waals surface area contributed by atoms with Gasteiger partial charge in [0.15, 0.2) is 0 Å². The SMILES string of the molecule is Cn1ncc(-c2nc(NC3CCN(Cc4ccccc4NC4CCC(=O)NC4=O)CC3)ncc2Cl)c1CC1CC1. The zero-order chi connectivity index (χ0) is 27.6. The number of benzene rings is 1. The summed E-state index contributed by atoms with van der Waals surface area (Å²) >= 11 is 6.55.